The lowest BCUT2D eigenvalue weighted by atomic mass is 9.85. The van der Waals surface area contributed by atoms with E-state index in [4.69, 9.17) is 0 Å². The maximum Gasteiger partial charge on any atom is 0.0127 e. The van der Waals surface area contributed by atoms with Crippen molar-refractivity contribution >= 4 is 0 Å². The van der Waals surface area contributed by atoms with Crippen LogP contribution >= 0.6 is 0 Å². The number of likely N-dealkylation sites (tertiary alicyclic amines) is 1. The van der Waals surface area contributed by atoms with E-state index in [-0.39, 0.29) is 0 Å². The fourth-order valence-electron chi connectivity index (χ4n) is 3.22. The van der Waals surface area contributed by atoms with Gasteiger partial charge in [-0.3, -0.25) is 4.90 Å². The first kappa shape index (κ1) is 9.51. The van der Waals surface area contributed by atoms with Crippen molar-refractivity contribution in [2.24, 2.45) is 5.92 Å². The molecule has 1 aliphatic heterocycles. The molecule has 1 unspecified atom stereocenters. The second-order valence-corrected chi connectivity index (χ2v) is 4.90. The van der Waals surface area contributed by atoms with Crippen molar-refractivity contribution in [2.75, 3.05) is 6.54 Å². The summed E-state index contributed by atoms with van der Waals surface area (Å²) in [5.41, 5.74) is 0. The highest BCUT2D eigenvalue weighted by atomic mass is 15.2. The van der Waals surface area contributed by atoms with Gasteiger partial charge in [0.15, 0.2) is 0 Å². The Morgan fingerprint density at radius 2 is 2.00 bits per heavy atom. The van der Waals surface area contributed by atoms with Gasteiger partial charge >= 0.3 is 0 Å². The molecular formula is C12H23N. The SMILES string of the molecule is CCC(C)N1CC[C@H]2CCCC[C@H]21. The predicted octanol–water partition coefficient (Wildman–Crippen LogP) is 3.05. The smallest absolute Gasteiger partial charge is 0.0127 e. The Hall–Kier alpha value is -0.0400. The first-order valence-electron chi connectivity index (χ1n) is 6.08. The van der Waals surface area contributed by atoms with Gasteiger partial charge in [-0.25, -0.2) is 0 Å². The molecular weight excluding hydrogens is 158 g/mol. The number of fused-ring (bicyclic) bond motifs is 1. The van der Waals surface area contributed by atoms with Crippen LogP contribution in [0.25, 0.3) is 0 Å². The molecule has 3 atom stereocenters. The van der Waals surface area contributed by atoms with Crippen LogP contribution in [0, 0.1) is 5.92 Å². The lowest BCUT2D eigenvalue weighted by Crippen LogP contribution is -2.40. The summed E-state index contributed by atoms with van der Waals surface area (Å²) >= 11 is 0. The van der Waals surface area contributed by atoms with E-state index in [1.165, 1.54) is 45.1 Å². The van der Waals surface area contributed by atoms with Gasteiger partial charge in [-0.2, -0.15) is 0 Å². The van der Waals surface area contributed by atoms with Crippen molar-refractivity contribution in [1.29, 1.82) is 0 Å². The van der Waals surface area contributed by atoms with Crippen molar-refractivity contribution in [3.8, 4) is 0 Å². The van der Waals surface area contributed by atoms with Crippen LogP contribution in [0.5, 0.6) is 0 Å². The van der Waals surface area contributed by atoms with E-state index in [1.807, 2.05) is 0 Å². The normalized spacial score (nSPS) is 37.4. The van der Waals surface area contributed by atoms with Gasteiger partial charge in [-0.05, 0) is 45.1 Å². The molecule has 1 saturated heterocycles. The van der Waals surface area contributed by atoms with Crippen LogP contribution in [-0.2, 0) is 0 Å². The molecule has 0 aromatic heterocycles. The Morgan fingerprint density at radius 3 is 2.77 bits per heavy atom. The molecule has 76 valence electrons. The Bertz CT molecular complexity index is 167. The van der Waals surface area contributed by atoms with E-state index < -0.39 is 0 Å². The van der Waals surface area contributed by atoms with Crippen LogP contribution in [0.15, 0.2) is 0 Å². The largest absolute Gasteiger partial charge is 0.297 e. The topological polar surface area (TPSA) is 3.24 Å². The molecule has 0 bridgehead atoms. The van der Waals surface area contributed by atoms with E-state index in [0.717, 1.165) is 18.0 Å². The van der Waals surface area contributed by atoms with Gasteiger partial charge in [0.25, 0.3) is 0 Å². The highest BCUT2D eigenvalue weighted by molar-refractivity contribution is 4.91. The highest BCUT2D eigenvalue weighted by Gasteiger charge is 2.36. The lowest BCUT2D eigenvalue weighted by molar-refractivity contribution is 0.138. The van der Waals surface area contributed by atoms with Crippen LogP contribution in [-0.4, -0.2) is 23.5 Å². The molecule has 1 heteroatoms. The molecule has 1 heterocycles. The Labute approximate surface area is 82.5 Å². The Balaban J connectivity index is 1.98. The third-order valence-electron chi connectivity index (χ3n) is 4.21. The quantitative estimate of drug-likeness (QED) is 0.633. The first-order chi connectivity index (χ1) is 6.33. The van der Waals surface area contributed by atoms with Crippen molar-refractivity contribution in [3.05, 3.63) is 0 Å². The number of hydrogen-bond acceptors (Lipinski definition) is 1. The van der Waals surface area contributed by atoms with E-state index in [1.54, 1.807) is 0 Å². The summed E-state index contributed by atoms with van der Waals surface area (Å²) in [5.74, 6) is 1.06. The average Bonchev–Trinajstić information content (AvgIpc) is 2.60. The molecule has 2 fully saturated rings. The van der Waals surface area contributed by atoms with E-state index >= 15 is 0 Å². The summed E-state index contributed by atoms with van der Waals surface area (Å²) in [7, 11) is 0. The van der Waals surface area contributed by atoms with Gasteiger partial charge in [0.2, 0.25) is 0 Å². The van der Waals surface area contributed by atoms with Crippen LogP contribution in [0.2, 0.25) is 0 Å². The maximum atomic E-state index is 2.78. The zero-order valence-corrected chi connectivity index (χ0v) is 9.13. The average molecular weight is 181 g/mol. The third kappa shape index (κ3) is 1.76. The monoisotopic (exact) mass is 181 g/mol. The molecule has 0 aromatic carbocycles. The molecule has 0 spiro atoms. The number of hydrogen-bond donors (Lipinski definition) is 0. The standard InChI is InChI=1S/C12H23N/c1-3-10(2)13-9-8-11-6-4-5-7-12(11)13/h10-12H,3-9H2,1-2H3/t10?,11-,12-/m1/s1. The van der Waals surface area contributed by atoms with Crippen molar-refractivity contribution in [1.82, 2.24) is 4.90 Å². The van der Waals surface area contributed by atoms with Gasteiger partial charge in [0, 0.05) is 12.1 Å². The lowest BCUT2D eigenvalue weighted by Gasteiger charge is -2.35. The second-order valence-electron chi connectivity index (χ2n) is 4.90. The summed E-state index contributed by atoms with van der Waals surface area (Å²) in [6.07, 6.45) is 8.77. The van der Waals surface area contributed by atoms with Crippen molar-refractivity contribution in [3.63, 3.8) is 0 Å². The zero-order chi connectivity index (χ0) is 9.26. The third-order valence-corrected chi connectivity index (χ3v) is 4.21. The Morgan fingerprint density at radius 1 is 1.23 bits per heavy atom. The molecule has 1 aliphatic carbocycles. The molecule has 13 heavy (non-hydrogen) atoms. The minimum Gasteiger partial charge on any atom is -0.297 e. The molecule has 0 aromatic rings. The minimum absolute atomic E-state index is 0.827. The first-order valence-corrected chi connectivity index (χ1v) is 6.08. The van der Waals surface area contributed by atoms with Crippen LogP contribution in [0.1, 0.15) is 52.4 Å². The molecule has 1 saturated carbocycles. The number of rotatable bonds is 2. The van der Waals surface area contributed by atoms with E-state index in [9.17, 15) is 0 Å². The summed E-state index contributed by atoms with van der Waals surface area (Å²) in [6, 6.07) is 1.79. The van der Waals surface area contributed by atoms with Crippen LogP contribution in [0.4, 0.5) is 0 Å². The molecule has 2 aliphatic rings. The number of nitrogens with zero attached hydrogens (tertiary/aromatic N) is 1. The van der Waals surface area contributed by atoms with Crippen LogP contribution in [0.3, 0.4) is 0 Å². The van der Waals surface area contributed by atoms with Gasteiger partial charge in [-0.15, -0.1) is 0 Å². The van der Waals surface area contributed by atoms with Crippen molar-refractivity contribution < 1.29 is 0 Å². The highest BCUT2D eigenvalue weighted by Crippen LogP contribution is 2.37. The second kappa shape index (κ2) is 4.00. The summed E-state index contributed by atoms with van der Waals surface area (Å²) in [5, 5.41) is 0. The summed E-state index contributed by atoms with van der Waals surface area (Å²) < 4.78 is 0. The molecule has 1 nitrogen and oxygen atoms in total. The molecule has 2 rings (SSSR count). The maximum absolute atomic E-state index is 2.78. The summed E-state index contributed by atoms with van der Waals surface area (Å²) in [6.45, 7) is 6.10. The fraction of sp³-hybridized carbons (Fsp3) is 1.00. The minimum atomic E-state index is 0.827. The molecule has 0 radical (unpaired) electrons. The van der Waals surface area contributed by atoms with Gasteiger partial charge in [0.05, 0.1) is 0 Å². The fourth-order valence-corrected chi connectivity index (χ4v) is 3.22. The zero-order valence-electron chi connectivity index (χ0n) is 9.13. The summed E-state index contributed by atoms with van der Waals surface area (Å²) in [4.78, 5) is 2.78. The van der Waals surface area contributed by atoms with Gasteiger partial charge in [0.1, 0.15) is 0 Å². The molecule has 0 N–H and O–H groups in total. The predicted molar refractivity (Wildman–Crippen MR) is 56.8 cm³/mol. The van der Waals surface area contributed by atoms with E-state index in [0.29, 0.717) is 0 Å². The van der Waals surface area contributed by atoms with Crippen molar-refractivity contribution in [2.45, 2.75) is 64.5 Å². The van der Waals surface area contributed by atoms with Gasteiger partial charge < -0.3 is 0 Å². The van der Waals surface area contributed by atoms with Crippen LogP contribution < -0.4 is 0 Å². The van der Waals surface area contributed by atoms with Gasteiger partial charge in [-0.1, -0.05) is 19.8 Å². The Kier molecular flexibility index (Phi) is 2.92. The molecule has 0 amide bonds. The van der Waals surface area contributed by atoms with E-state index in [2.05, 4.69) is 18.7 Å².